The number of alkyl halides is 4. The molecule has 1 aromatic rings. The van der Waals surface area contributed by atoms with Crippen LogP contribution < -0.4 is 5.32 Å². The van der Waals surface area contributed by atoms with Crippen molar-refractivity contribution in [3.63, 3.8) is 0 Å². The minimum atomic E-state index is -4.19. The molecule has 1 N–H and O–H groups in total. The van der Waals surface area contributed by atoms with Gasteiger partial charge in [0.15, 0.2) is 5.82 Å². The van der Waals surface area contributed by atoms with Gasteiger partial charge in [-0.15, -0.1) is 0 Å². The van der Waals surface area contributed by atoms with Crippen molar-refractivity contribution in [2.45, 2.75) is 30.9 Å². The van der Waals surface area contributed by atoms with Crippen LogP contribution in [0.4, 0.5) is 17.6 Å². The third-order valence-corrected chi connectivity index (χ3v) is 3.10. The number of hydrogen-bond donors (Lipinski definition) is 1. The van der Waals surface area contributed by atoms with Gasteiger partial charge in [-0.05, 0) is 7.05 Å². The van der Waals surface area contributed by atoms with Crippen LogP contribution in [-0.2, 0) is 16.1 Å². The van der Waals surface area contributed by atoms with Gasteiger partial charge < -0.3 is 19.3 Å². The Morgan fingerprint density at radius 2 is 2.19 bits per heavy atom. The molecule has 6 nitrogen and oxygen atoms in total. The topological polar surface area (TPSA) is 69.4 Å². The highest BCUT2D eigenvalue weighted by Gasteiger charge is 2.41. The fourth-order valence-electron chi connectivity index (χ4n) is 1.90. The van der Waals surface area contributed by atoms with Gasteiger partial charge in [0.25, 0.3) is 0 Å². The minimum Gasteiger partial charge on any atom is -0.379 e. The summed E-state index contributed by atoms with van der Waals surface area (Å²) in [5.74, 6) is -4.01. The Kier molecular flexibility index (Phi) is 5.12. The van der Waals surface area contributed by atoms with Gasteiger partial charge in [0.1, 0.15) is 13.2 Å². The van der Waals surface area contributed by atoms with Crippen LogP contribution in [0.15, 0.2) is 4.52 Å². The molecular formula is C11H15F4N3O3. The molecule has 0 radical (unpaired) electrons. The lowest BCUT2D eigenvalue weighted by Gasteiger charge is -2.14. The highest BCUT2D eigenvalue weighted by Crippen LogP contribution is 2.25. The molecule has 2 unspecified atom stereocenters. The van der Waals surface area contributed by atoms with Crippen molar-refractivity contribution in [2.24, 2.45) is 0 Å². The Labute approximate surface area is 117 Å². The van der Waals surface area contributed by atoms with E-state index in [4.69, 9.17) is 9.26 Å². The van der Waals surface area contributed by atoms with Gasteiger partial charge in [0.2, 0.25) is 5.89 Å². The molecule has 0 aromatic carbocycles. The molecule has 1 aliphatic rings. The number of nitrogens with zero attached hydrogens (tertiary/aromatic N) is 2. The number of likely N-dealkylation sites (N-methyl/N-ethyl adjacent to an activating group) is 1. The Morgan fingerprint density at radius 3 is 2.86 bits per heavy atom. The lowest BCUT2D eigenvalue weighted by molar-refractivity contribution is -0.168. The van der Waals surface area contributed by atoms with Gasteiger partial charge in [-0.3, -0.25) is 0 Å². The van der Waals surface area contributed by atoms with E-state index in [0.717, 1.165) is 0 Å². The molecular weight excluding hydrogens is 298 g/mol. The fourth-order valence-corrected chi connectivity index (χ4v) is 1.90. The Hall–Kier alpha value is -1.26. The fraction of sp³-hybridized carbons (Fsp3) is 0.818. The van der Waals surface area contributed by atoms with E-state index in [1.54, 1.807) is 7.05 Å². The summed E-state index contributed by atoms with van der Waals surface area (Å²) in [5, 5.41) is 6.60. The molecule has 1 aliphatic heterocycles. The van der Waals surface area contributed by atoms with E-state index in [1.807, 2.05) is 0 Å². The molecule has 0 amide bonds. The predicted molar refractivity (Wildman–Crippen MR) is 61.3 cm³/mol. The second-order valence-electron chi connectivity index (χ2n) is 4.64. The number of ether oxygens (including phenoxy) is 2. The first-order chi connectivity index (χ1) is 9.94. The van der Waals surface area contributed by atoms with Crippen molar-refractivity contribution in [1.29, 1.82) is 0 Å². The van der Waals surface area contributed by atoms with Gasteiger partial charge >= 0.3 is 12.3 Å². The van der Waals surface area contributed by atoms with Crippen LogP contribution in [-0.4, -0.2) is 55.4 Å². The summed E-state index contributed by atoms with van der Waals surface area (Å²) < 4.78 is 63.9. The second-order valence-corrected chi connectivity index (χ2v) is 4.64. The average Bonchev–Trinajstić information content (AvgIpc) is 3.05. The van der Waals surface area contributed by atoms with Crippen molar-refractivity contribution in [3.05, 3.63) is 11.7 Å². The molecule has 120 valence electrons. The SMILES string of the molecule is CNC1COCC1c1nc(COCC(F)(F)C(F)F)no1. The lowest BCUT2D eigenvalue weighted by atomic mass is 10.0. The van der Waals surface area contributed by atoms with Crippen molar-refractivity contribution >= 4 is 0 Å². The highest BCUT2D eigenvalue weighted by atomic mass is 19.3. The molecule has 2 rings (SSSR count). The van der Waals surface area contributed by atoms with Crippen LogP contribution in [0, 0.1) is 0 Å². The van der Waals surface area contributed by atoms with E-state index in [-0.39, 0.29) is 17.8 Å². The Balaban J connectivity index is 1.86. The average molecular weight is 313 g/mol. The zero-order valence-corrected chi connectivity index (χ0v) is 11.2. The molecule has 0 aliphatic carbocycles. The van der Waals surface area contributed by atoms with Crippen molar-refractivity contribution < 1.29 is 31.6 Å². The lowest BCUT2D eigenvalue weighted by Crippen LogP contribution is -2.32. The van der Waals surface area contributed by atoms with Crippen LogP contribution in [0.5, 0.6) is 0 Å². The molecule has 1 aromatic heterocycles. The summed E-state index contributed by atoms with van der Waals surface area (Å²) >= 11 is 0. The normalized spacial score (nSPS) is 23.1. The number of halogens is 4. The molecule has 2 atom stereocenters. The summed E-state index contributed by atoms with van der Waals surface area (Å²) in [7, 11) is 1.76. The number of hydrogen-bond acceptors (Lipinski definition) is 6. The number of aromatic nitrogens is 2. The summed E-state index contributed by atoms with van der Waals surface area (Å²) in [6.45, 7) is -0.933. The largest absolute Gasteiger partial charge is 0.379 e. The maximum Gasteiger partial charge on any atom is 0.330 e. The first-order valence-corrected chi connectivity index (χ1v) is 6.25. The van der Waals surface area contributed by atoms with E-state index in [2.05, 4.69) is 20.2 Å². The molecule has 0 saturated carbocycles. The van der Waals surface area contributed by atoms with Gasteiger partial charge in [-0.1, -0.05) is 5.16 Å². The predicted octanol–water partition coefficient (Wildman–Crippen LogP) is 1.19. The molecule has 1 saturated heterocycles. The quantitative estimate of drug-likeness (QED) is 0.763. The summed E-state index contributed by atoms with van der Waals surface area (Å²) in [6.07, 6.45) is -3.77. The molecule has 10 heteroatoms. The third-order valence-electron chi connectivity index (χ3n) is 3.10. The first kappa shape index (κ1) is 16.1. The Bertz CT molecular complexity index is 458. The van der Waals surface area contributed by atoms with Crippen molar-refractivity contribution in [3.8, 4) is 0 Å². The zero-order valence-electron chi connectivity index (χ0n) is 11.2. The van der Waals surface area contributed by atoms with Gasteiger partial charge in [-0.2, -0.15) is 13.8 Å². The molecule has 2 heterocycles. The van der Waals surface area contributed by atoms with Crippen LogP contribution >= 0.6 is 0 Å². The van der Waals surface area contributed by atoms with E-state index in [0.29, 0.717) is 19.1 Å². The van der Waals surface area contributed by atoms with Gasteiger partial charge in [0, 0.05) is 6.04 Å². The maximum atomic E-state index is 12.6. The monoisotopic (exact) mass is 313 g/mol. The van der Waals surface area contributed by atoms with Crippen LogP contribution in [0.2, 0.25) is 0 Å². The summed E-state index contributed by atoms with van der Waals surface area (Å²) in [5.41, 5.74) is 0. The van der Waals surface area contributed by atoms with Crippen LogP contribution in [0.25, 0.3) is 0 Å². The molecule has 0 spiro atoms. The van der Waals surface area contributed by atoms with E-state index < -0.39 is 25.6 Å². The van der Waals surface area contributed by atoms with Crippen molar-refractivity contribution in [1.82, 2.24) is 15.5 Å². The summed E-state index contributed by atoms with van der Waals surface area (Å²) in [6, 6.07) is 0.0161. The highest BCUT2D eigenvalue weighted by molar-refractivity contribution is 5.01. The van der Waals surface area contributed by atoms with Crippen LogP contribution in [0.3, 0.4) is 0 Å². The Morgan fingerprint density at radius 1 is 1.43 bits per heavy atom. The first-order valence-electron chi connectivity index (χ1n) is 6.25. The van der Waals surface area contributed by atoms with E-state index >= 15 is 0 Å². The number of rotatable bonds is 7. The smallest absolute Gasteiger partial charge is 0.330 e. The second kappa shape index (κ2) is 6.67. The zero-order chi connectivity index (χ0) is 15.5. The van der Waals surface area contributed by atoms with Crippen LogP contribution in [0.1, 0.15) is 17.6 Å². The van der Waals surface area contributed by atoms with E-state index in [9.17, 15) is 17.6 Å². The summed E-state index contributed by atoms with van der Waals surface area (Å²) in [4.78, 5) is 4.00. The molecule has 0 bridgehead atoms. The van der Waals surface area contributed by atoms with Gasteiger partial charge in [0.05, 0.1) is 19.1 Å². The third kappa shape index (κ3) is 3.89. The van der Waals surface area contributed by atoms with Gasteiger partial charge in [-0.25, -0.2) is 8.78 Å². The van der Waals surface area contributed by atoms with Crippen molar-refractivity contribution in [2.75, 3.05) is 26.9 Å². The van der Waals surface area contributed by atoms with E-state index in [1.165, 1.54) is 0 Å². The maximum absolute atomic E-state index is 12.6. The minimum absolute atomic E-state index is 0.0161. The molecule has 21 heavy (non-hydrogen) atoms. The standard InChI is InChI=1S/C11H15F4N3O3/c1-16-7-3-19-2-6(7)9-17-8(18-21-9)4-20-5-11(14,15)10(12)13/h6-7,10,16H,2-5H2,1H3. The number of nitrogens with one attached hydrogen (secondary N) is 1. The molecule has 1 fully saturated rings.